The number of nitrogens with one attached hydrogen (secondary N) is 1. The van der Waals surface area contributed by atoms with Gasteiger partial charge in [-0.05, 0) is 41.2 Å². The molecular weight excluding hydrogens is 370 g/mol. The van der Waals surface area contributed by atoms with E-state index in [1.54, 1.807) is 0 Å². The first-order chi connectivity index (χ1) is 14.9. The molecule has 2 aliphatic rings. The first-order valence-corrected chi connectivity index (χ1v) is 11.1. The van der Waals surface area contributed by atoms with Crippen LogP contribution in [0.4, 0.5) is 0 Å². The minimum Gasteiger partial charge on any atom is -0.493 e. The molecule has 2 heterocycles. The van der Waals surface area contributed by atoms with Gasteiger partial charge in [0.15, 0.2) is 0 Å². The van der Waals surface area contributed by atoms with Crippen LogP contribution in [0.5, 0.6) is 5.75 Å². The van der Waals surface area contributed by atoms with Crippen LogP contribution >= 0.6 is 0 Å². The molecular formula is C27H29NO2. The summed E-state index contributed by atoms with van der Waals surface area (Å²) in [4.78, 5) is 0. The van der Waals surface area contributed by atoms with E-state index in [9.17, 15) is 0 Å². The monoisotopic (exact) mass is 399 g/mol. The lowest BCUT2D eigenvalue weighted by molar-refractivity contribution is -0.0116. The van der Waals surface area contributed by atoms with Crippen LogP contribution < -0.4 is 10.1 Å². The third-order valence-electron chi connectivity index (χ3n) is 6.35. The molecule has 1 fully saturated rings. The lowest BCUT2D eigenvalue weighted by Crippen LogP contribution is -2.41. The van der Waals surface area contributed by atoms with Crippen molar-refractivity contribution in [3.8, 4) is 5.75 Å². The number of hydrogen-bond acceptors (Lipinski definition) is 3. The Morgan fingerprint density at radius 3 is 2.27 bits per heavy atom. The topological polar surface area (TPSA) is 30.5 Å². The van der Waals surface area contributed by atoms with Crippen molar-refractivity contribution in [2.45, 2.75) is 43.9 Å². The van der Waals surface area contributed by atoms with E-state index in [1.807, 2.05) is 0 Å². The van der Waals surface area contributed by atoms with Crippen LogP contribution in [0.15, 0.2) is 78.9 Å². The predicted octanol–water partition coefficient (Wildman–Crippen LogP) is 5.09. The first kappa shape index (κ1) is 19.3. The number of ether oxygens (including phenoxy) is 2. The molecule has 30 heavy (non-hydrogen) atoms. The molecule has 0 saturated carbocycles. The van der Waals surface area contributed by atoms with Crippen molar-refractivity contribution in [1.29, 1.82) is 0 Å². The van der Waals surface area contributed by atoms with E-state index in [1.165, 1.54) is 22.3 Å². The number of rotatable bonds is 6. The minimum atomic E-state index is 0.213. The summed E-state index contributed by atoms with van der Waals surface area (Å²) < 4.78 is 12.1. The zero-order chi connectivity index (χ0) is 20.2. The van der Waals surface area contributed by atoms with Gasteiger partial charge in [-0.2, -0.15) is 0 Å². The van der Waals surface area contributed by atoms with Crippen molar-refractivity contribution >= 4 is 0 Å². The highest BCUT2D eigenvalue weighted by Gasteiger charge is 2.30. The molecule has 1 N–H and O–H groups in total. The normalized spacial score (nSPS) is 20.7. The number of fused-ring (bicyclic) bond motifs is 1. The van der Waals surface area contributed by atoms with Crippen LogP contribution in [-0.4, -0.2) is 25.4 Å². The zero-order valence-corrected chi connectivity index (χ0v) is 17.3. The minimum absolute atomic E-state index is 0.213. The van der Waals surface area contributed by atoms with Crippen LogP contribution in [0, 0.1) is 0 Å². The fourth-order valence-corrected chi connectivity index (χ4v) is 4.75. The molecule has 2 atom stereocenters. The van der Waals surface area contributed by atoms with E-state index >= 15 is 0 Å². The summed E-state index contributed by atoms with van der Waals surface area (Å²) >= 11 is 0. The van der Waals surface area contributed by atoms with E-state index in [2.05, 4.69) is 84.2 Å². The second-order valence-electron chi connectivity index (χ2n) is 8.37. The Balaban J connectivity index is 1.22. The van der Waals surface area contributed by atoms with Gasteiger partial charge in [-0.1, -0.05) is 72.8 Å². The highest BCUT2D eigenvalue weighted by atomic mass is 16.5. The van der Waals surface area contributed by atoms with Crippen LogP contribution in [0.25, 0.3) is 0 Å². The Hall–Kier alpha value is -2.62. The predicted molar refractivity (Wildman–Crippen MR) is 120 cm³/mol. The quantitative estimate of drug-likeness (QED) is 0.626. The van der Waals surface area contributed by atoms with Gasteiger partial charge in [-0.15, -0.1) is 0 Å². The standard InChI is InChI=1S/C27H29NO2/c1-3-7-21(8-4-1)27(22-9-5-2-6-10-22)26-14-12-24(19-30-26)28-18-20-11-13-25-23(17-20)15-16-29-25/h1-11,13,17,24,26-28H,12,14-16,18-19H2/t24-,26-/m0/s1. The van der Waals surface area contributed by atoms with Gasteiger partial charge in [0.25, 0.3) is 0 Å². The highest BCUT2D eigenvalue weighted by Crippen LogP contribution is 2.34. The average molecular weight is 400 g/mol. The van der Waals surface area contributed by atoms with Crippen molar-refractivity contribution in [2.75, 3.05) is 13.2 Å². The van der Waals surface area contributed by atoms with Gasteiger partial charge >= 0.3 is 0 Å². The molecule has 0 spiro atoms. The Bertz CT molecular complexity index is 910. The third-order valence-corrected chi connectivity index (χ3v) is 6.35. The summed E-state index contributed by atoms with van der Waals surface area (Å²) in [5.41, 5.74) is 5.33. The summed E-state index contributed by atoms with van der Waals surface area (Å²) in [5.74, 6) is 1.33. The van der Waals surface area contributed by atoms with Gasteiger partial charge < -0.3 is 14.8 Å². The zero-order valence-electron chi connectivity index (χ0n) is 17.3. The molecule has 0 radical (unpaired) electrons. The van der Waals surface area contributed by atoms with Gasteiger partial charge in [0.05, 0.1) is 19.3 Å². The Morgan fingerprint density at radius 2 is 1.60 bits per heavy atom. The maximum absolute atomic E-state index is 6.44. The van der Waals surface area contributed by atoms with E-state index in [0.29, 0.717) is 6.04 Å². The molecule has 3 nitrogen and oxygen atoms in total. The second-order valence-corrected chi connectivity index (χ2v) is 8.37. The van der Waals surface area contributed by atoms with Gasteiger partial charge in [0.2, 0.25) is 0 Å². The van der Waals surface area contributed by atoms with E-state index in [-0.39, 0.29) is 12.0 Å². The Kier molecular flexibility index (Phi) is 5.82. The summed E-state index contributed by atoms with van der Waals surface area (Å²) in [5, 5.41) is 3.70. The van der Waals surface area contributed by atoms with Gasteiger partial charge in [0, 0.05) is 24.9 Å². The summed E-state index contributed by atoms with van der Waals surface area (Å²) in [7, 11) is 0. The van der Waals surface area contributed by atoms with E-state index in [0.717, 1.165) is 44.8 Å². The molecule has 0 amide bonds. The van der Waals surface area contributed by atoms with Crippen molar-refractivity contribution in [1.82, 2.24) is 5.32 Å². The molecule has 0 aromatic heterocycles. The largest absolute Gasteiger partial charge is 0.493 e. The van der Waals surface area contributed by atoms with Crippen LogP contribution in [-0.2, 0) is 17.7 Å². The van der Waals surface area contributed by atoms with Crippen LogP contribution in [0.2, 0.25) is 0 Å². The lowest BCUT2D eigenvalue weighted by atomic mass is 9.83. The van der Waals surface area contributed by atoms with E-state index < -0.39 is 0 Å². The van der Waals surface area contributed by atoms with Gasteiger partial charge in [-0.25, -0.2) is 0 Å². The molecule has 0 unspecified atom stereocenters. The maximum atomic E-state index is 6.44. The van der Waals surface area contributed by atoms with Crippen molar-refractivity contribution in [3.63, 3.8) is 0 Å². The third kappa shape index (κ3) is 4.28. The molecule has 3 aromatic rings. The molecule has 3 heteroatoms. The van der Waals surface area contributed by atoms with E-state index in [4.69, 9.17) is 9.47 Å². The Labute approximate surface area is 179 Å². The lowest BCUT2D eigenvalue weighted by Gasteiger charge is -2.35. The van der Waals surface area contributed by atoms with Crippen molar-refractivity contribution in [2.24, 2.45) is 0 Å². The Morgan fingerprint density at radius 1 is 0.867 bits per heavy atom. The molecule has 0 bridgehead atoms. The molecule has 3 aromatic carbocycles. The molecule has 0 aliphatic carbocycles. The maximum Gasteiger partial charge on any atom is 0.122 e. The molecule has 154 valence electrons. The fourth-order valence-electron chi connectivity index (χ4n) is 4.75. The molecule has 2 aliphatic heterocycles. The summed E-state index contributed by atoms with van der Waals surface area (Å²) in [6.45, 7) is 2.45. The summed E-state index contributed by atoms with van der Waals surface area (Å²) in [6, 6.07) is 28.5. The average Bonchev–Trinajstić information content (AvgIpc) is 3.28. The first-order valence-electron chi connectivity index (χ1n) is 11.1. The smallest absolute Gasteiger partial charge is 0.122 e. The fraction of sp³-hybridized carbons (Fsp3) is 0.333. The van der Waals surface area contributed by atoms with Crippen molar-refractivity contribution in [3.05, 3.63) is 101 Å². The number of benzene rings is 3. The molecule has 5 rings (SSSR count). The number of hydrogen-bond donors (Lipinski definition) is 1. The summed E-state index contributed by atoms with van der Waals surface area (Å²) in [6.07, 6.45) is 3.43. The SMILES string of the molecule is c1ccc(C(c2ccccc2)[C@@H]2CC[C@H](NCc3ccc4c(c3)CCO4)CO2)cc1. The highest BCUT2D eigenvalue weighted by molar-refractivity contribution is 5.39. The molecule has 1 saturated heterocycles. The van der Waals surface area contributed by atoms with Gasteiger partial charge in [0.1, 0.15) is 5.75 Å². The van der Waals surface area contributed by atoms with Crippen LogP contribution in [0.1, 0.15) is 41.0 Å². The van der Waals surface area contributed by atoms with Crippen molar-refractivity contribution < 1.29 is 9.47 Å². The van der Waals surface area contributed by atoms with Gasteiger partial charge in [-0.3, -0.25) is 0 Å². The second kappa shape index (κ2) is 9.03. The van der Waals surface area contributed by atoms with Crippen LogP contribution in [0.3, 0.4) is 0 Å².